The van der Waals surface area contributed by atoms with Gasteiger partial charge < -0.3 is 0 Å². The van der Waals surface area contributed by atoms with Gasteiger partial charge in [-0.2, -0.15) is 0 Å². The number of benzene rings is 1. The standard InChI is InChI=1S/C25H26IOP/c26-21-16-17-25-20(18-21)19-28(27-25,22-10-4-1-5-11-22,23-12-6-2-7-13-23)24-14-8-3-9-15-24/h4,6,8,10-18H,1-3,5,7,9,19H2. The summed E-state index contributed by atoms with van der Waals surface area (Å²) in [4.78, 5) is 0. The van der Waals surface area contributed by atoms with Crippen LogP contribution >= 0.6 is 29.4 Å². The summed E-state index contributed by atoms with van der Waals surface area (Å²) in [5, 5.41) is 4.29. The molecule has 0 radical (unpaired) electrons. The van der Waals surface area contributed by atoms with Gasteiger partial charge in [0.15, 0.2) is 0 Å². The molecule has 4 aliphatic rings. The Morgan fingerprint density at radius 3 is 1.71 bits per heavy atom. The molecule has 0 aromatic heterocycles. The molecule has 0 amide bonds. The molecule has 144 valence electrons. The van der Waals surface area contributed by atoms with Crippen molar-refractivity contribution < 1.29 is 4.52 Å². The maximum absolute atomic E-state index is 7.32. The SMILES string of the molecule is Ic1ccc2c(c1)CP(C1=CCCC=C1)(C1=CCCC=C1)(C1=CCCC=C1)O2. The van der Waals surface area contributed by atoms with E-state index in [4.69, 9.17) is 4.52 Å². The molecule has 0 saturated heterocycles. The quantitative estimate of drug-likeness (QED) is 0.299. The van der Waals surface area contributed by atoms with Crippen LogP contribution in [0.2, 0.25) is 0 Å². The second-order valence-corrected chi connectivity index (χ2v) is 13.8. The van der Waals surface area contributed by atoms with Crippen LogP contribution in [0.1, 0.15) is 44.1 Å². The Balaban J connectivity index is 1.83. The molecule has 0 N–H and O–H groups in total. The van der Waals surface area contributed by atoms with Crippen LogP contribution in [0.5, 0.6) is 5.75 Å². The van der Waals surface area contributed by atoms with E-state index >= 15 is 0 Å². The van der Waals surface area contributed by atoms with E-state index in [1.807, 2.05) is 0 Å². The number of hydrogen-bond acceptors (Lipinski definition) is 1. The summed E-state index contributed by atoms with van der Waals surface area (Å²) in [5.74, 6) is 1.08. The van der Waals surface area contributed by atoms with Gasteiger partial charge in [-0.25, -0.2) is 0 Å². The van der Waals surface area contributed by atoms with Crippen LogP contribution in [0.15, 0.2) is 88.8 Å². The Morgan fingerprint density at radius 2 is 1.25 bits per heavy atom. The fourth-order valence-electron chi connectivity index (χ4n) is 5.07. The Bertz CT molecular complexity index is 924. The molecule has 28 heavy (non-hydrogen) atoms. The van der Waals surface area contributed by atoms with Crippen LogP contribution in [0.25, 0.3) is 0 Å². The number of allylic oxidation sites excluding steroid dienone is 12. The average molecular weight is 500 g/mol. The predicted molar refractivity (Wildman–Crippen MR) is 130 cm³/mol. The zero-order chi connectivity index (χ0) is 19.1. The van der Waals surface area contributed by atoms with Gasteiger partial charge in [-0.3, -0.25) is 0 Å². The summed E-state index contributed by atoms with van der Waals surface area (Å²) in [7, 11) is 0. The van der Waals surface area contributed by atoms with E-state index in [-0.39, 0.29) is 0 Å². The van der Waals surface area contributed by atoms with Crippen molar-refractivity contribution in [3.8, 4) is 5.75 Å². The van der Waals surface area contributed by atoms with Crippen molar-refractivity contribution in [3.05, 3.63) is 98.0 Å². The third kappa shape index (κ3) is 2.68. The van der Waals surface area contributed by atoms with Gasteiger partial charge in [-0.05, 0) is 0 Å². The van der Waals surface area contributed by atoms with Crippen LogP contribution in [0, 0.1) is 3.57 Å². The van der Waals surface area contributed by atoms with E-state index in [2.05, 4.69) is 95.5 Å². The number of rotatable bonds is 3. The van der Waals surface area contributed by atoms with Crippen LogP contribution in [0.4, 0.5) is 0 Å². The van der Waals surface area contributed by atoms with E-state index in [1.54, 1.807) is 0 Å². The molecule has 1 aliphatic heterocycles. The molecule has 1 nitrogen and oxygen atoms in total. The summed E-state index contributed by atoms with van der Waals surface area (Å²) in [6.45, 7) is -3.00. The molecular weight excluding hydrogens is 474 g/mol. The van der Waals surface area contributed by atoms with Crippen molar-refractivity contribution in [3.63, 3.8) is 0 Å². The topological polar surface area (TPSA) is 9.23 Å². The van der Waals surface area contributed by atoms with Gasteiger partial charge in [-0.1, -0.05) is 0 Å². The second kappa shape index (κ2) is 7.15. The monoisotopic (exact) mass is 500 g/mol. The predicted octanol–water partition coefficient (Wildman–Crippen LogP) is 8.35. The zero-order valence-electron chi connectivity index (χ0n) is 16.1. The fraction of sp³-hybridized carbons (Fsp3) is 0.280. The Morgan fingerprint density at radius 1 is 0.714 bits per heavy atom. The van der Waals surface area contributed by atoms with E-state index in [9.17, 15) is 0 Å². The number of fused-ring (bicyclic) bond motifs is 1. The van der Waals surface area contributed by atoms with Crippen LogP contribution < -0.4 is 4.52 Å². The van der Waals surface area contributed by atoms with Gasteiger partial charge in [-0.15, -0.1) is 0 Å². The Hall–Kier alpha value is -1.38. The summed E-state index contributed by atoms with van der Waals surface area (Å²) in [6, 6.07) is 6.70. The molecule has 1 aromatic rings. The zero-order valence-corrected chi connectivity index (χ0v) is 19.2. The van der Waals surface area contributed by atoms with Gasteiger partial charge in [0, 0.05) is 0 Å². The molecule has 0 fully saturated rings. The van der Waals surface area contributed by atoms with Crippen molar-refractivity contribution in [1.29, 1.82) is 0 Å². The number of hydrogen-bond donors (Lipinski definition) is 0. The summed E-state index contributed by atoms with van der Waals surface area (Å²) in [5.41, 5.74) is 1.36. The molecule has 5 rings (SSSR count). The third-order valence-electron chi connectivity index (χ3n) is 6.36. The molecule has 1 heterocycles. The molecular formula is C25H26IOP. The van der Waals surface area contributed by atoms with Crippen molar-refractivity contribution in [2.45, 2.75) is 44.7 Å². The first-order valence-electron chi connectivity index (χ1n) is 10.3. The van der Waals surface area contributed by atoms with Gasteiger partial charge in [0.05, 0.1) is 0 Å². The normalized spacial score (nSPS) is 25.6. The average Bonchev–Trinajstić information content (AvgIpc) is 3.13. The first-order chi connectivity index (χ1) is 13.7. The maximum atomic E-state index is 7.32. The van der Waals surface area contributed by atoms with Crippen LogP contribution in [-0.2, 0) is 6.16 Å². The molecule has 0 bridgehead atoms. The van der Waals surface area contributed by atoms with E-state index in [0.29, 0.717) is 0 Å². The van der Waals surface area contributed by atoms with Crippen molar-refractivity contribution in [2.24, 2.45) is 0 Å². The molecule has 3 heteroatoms. The minimum atomic E-state index is -3.00. The molecule has 0 unspecified atom stereocenters. The van der Waals surface area contributed by atoms with E-state index in [0.717, 1.165) is 50.4 Å². The second-order valence-electron chi connectivity index (χ2n) is 8.04. The van der Waals surface area contributed by atoms with Crippen molar-refractivity contribution in [1.82, 2.24) is 0 Å². The van der Waals surface area contributed by atoms with Crippen LogP contribution in [-0.4, -0.2) is 0 Å². The third-order valence-corrected chi connectivity index (χ3v) is 12.8. The van der Waals surface area contributed by atoms with Crippen LogP contribution in [0.3, 0.4) is 0 Å². The van der Waals surface area contributed by atoms with Gasteiger partial charge in [0.2, 0.25) is 0 Å². The molecule has 0 spiro atoms. The van der Waals surface area contributed by atoms with E-state index in [1.165, 1.54) is 25.1 Å². The summed E-state index contributed by atoms with van der Waals surface area (Å²) >= 11 is 2.43. The Labute approximate surface area is 181 Å². The fourth-order valence-corrected chi connectivity index (χ4v) is 11.8. The van der Waals surface area contributed by atoms with Crippen molar-refractivity contribution >= 4 is 29.4 Å². The summed E-state index contributed by atoms with van der Waals surface area (Å²) < 4.78 is 8.61. The summed E-state index contributed by atoms with van der Waals surface area (Å²) in [6.07, 6.45) is 29.3. The molecule has 0 saturated carbocycles. The Kier molecular flexibility index (Phi) is 4.76. The van der Waals surface area contributed by atoms with Gasteiger partial charge >= 0.3 is 182 Å². The molecule has 1 aromatic carbocycles. The molecule has 0 atom stereocenters. The van der Waals surface area contributed by atoms with Gasteiger partial charge in [0.1, 0.15) is 0 Å². The van der Waals surface area contributed by atoms with Crippen molar-refractivity contribution in [2.75, 3.05) is 0 Å². The van der Waals surface area contributed by atoms with E-state index < -0.39 is 6.83 Å². The number of halogens is 1. The first-order valence-corrected chi connectivity index (χ1v) is 13.8. The molecule has 3 aliphatic carbocycles. The minimum absolute atomic E-state index is 0.986. The first kappa shape index (κ1) is 18.6. The van der Waals surface area contributed by atoms with Gasteiger partial charge in [0.25, 0.3) is 0 Å².